The van der Waals surface area contributed by atoms with Crippen LogP contribution in [0, 0.1) is 0 Å². The van der Waals surface area contributed by atoms with Crippen molar-refractivity contribution in [1.82, 2.24) is 14.5 Å². The summed E-state index contributed by atoms with van der Waals surface area (Å²) in [4.78, 5) is 14.5. The summed E-state index contributed by atoms with van der Waals surface area (Å²) >= 11 is 0. The molecule has 2 saturated heterocycles. The molecule has 3 aliphatic heterocycles. The van der Waals surface area contributed by atoms with Gasteiger partial charge in [0.15, 0.2) is 0 Å². The molecule has 1 aromatic rings. The first-order chi connectivity index (χ1) is 12.5. The van der Waals surface area contributed by atoms with Crippen molar-refractivity contribution in [3.05, 3.63) is 24.3 Å². The van der Waals surface area contributed by atoms with Gasteiger partial charge in [-0.15, -0.1) is 0 Å². The summed E-state index contributed by atoms with van der Waals surface area (Å²) in [7, 11) is -3.62. The van der Waals surface area contributed by atoms with E-state index in [1.54, 1.807) is 24.3 Å². The third-order valence-corrected chi connectivity index (χ3v) is 7.02. The van der Waals surface area contributed by atoms with Crippen molar-refractivity contribution in [3.63, 3.8) is 0 Å². The molecule has 0 radical (unpaired) electrons. The van der Waals surface area contributed by atoms with Crippen LogP contribution in [0.15, 0.2) is 29.2 Å². The van der Waals surface area contributed by atoms with E-state index in [2.05, 4.69) is 5.32 Å². The summed E-state index contributed by atoms with van der Waals surface area (Å²) in [5.74, 6) is 0.322. The Balaban J connectivity index is 1.42. The first-order valence-electron chi connectivity index (χ1n) is 8.87. The van der Waals surface area contributed by atoms with E-state index < -0.39 is 10.0 Å². The molecule has 9 heteroatoms. The van der Waals surface area contributed by atoms with Crippen molar-refractivity contribution in [3.8, 4) is 5.75 Å². The first kappa shape index (κ1) is 17.7. The summed E-state index contributed by atoms with van der Waals surface area (Å²) in [5, 5.41) is 2.98. The van der Waals surface area contributed by atoms with Crippen molar-refractivity contribution in [1.29, 1.82) is 0 Å². The van der Waals surface area contributed by atoms with Gasteiger partial charge in [0.1, 0.15) is 17.3 Å². The largest absolute Gasteiger partial charge is 0.490 e. The molecule has 1 aromatic carbocycles. The number of carbonyl (C=O) groups is 1. The Morgan fingerprint density at radius 3 is 2.81 bits per heavy atom. The molecular weight excluding hydrogens is 358 g/mol. The van der Waals surface area contributed by atoms with Gasteiger partial charge >= 0.3 is 0 Å². The molecule has 1 amide bonds. The van der Waals surface area contributed by atoms with Crippen LogP contribution in [0.5, 0.6) is 5.75 Å². The van der Waals surface area contributed by atoms with Crippen LogP contribution >= 0.6 is 0 Å². The summed E-state index contributed by atoms with van der Waals surface area (Å²) in [5.41, 5.74) is 0. The molecule has 3 heterocycles. The van der Waals surface area contributed by atoms with Gasteiger partial charge < -0.3 is 14.8 Å². The lowest BCUT2D eigenvalue weighted by Crippen LogP contribution is -2.46. The number of para-hydroxylation sites is 1. The quantitative estimate of drug-likeness (QED) is 0.771. The molecule has 26 heavy (non-hydrogen) atoms. The van der Waals surface area contributed by atoms with Crippen LogP contribution in [-0.2, 0) is 19.6 Å². The predicted molar refractivity (Wildman–Crippen MR) is 93.4 cm³/mol. The minimum atomic E-state index is -3.62. The number of benzene rings is 1. The number of hydrogen-bond donors (Lipinski definition) is 1. The van der Waals surface area contributed by atoms with Gasteiger partial charge in [-0.25, -0.2) is 8.42 Å². The van der Waals surface area contributed by atoms with Crippen LogP contribution in [0.25, 0.3) is 0 Å². The van der Waals surface area contributed by atoms with Gasteiger partial charge in [0, 0.05) is 25.7 Å². The van der Waals surface area contributed by atoms with Crippen molar-refractivity contribution >= 4 is 15.9 Å². The van der Waals surface area contributed by atoms with E-state index >= 15 is 0 Å². The molecule has 1 N–H and O–H groups in total. The number of ether oxygens (including phenoxy) is 2. The molecule has 8 nitrogen and oxygen atoms in total. The molecular formula is C17H23N3O5S. The van der Waals surface area contributed by atoms with E-state index in [4.69, 9.17) is 9.47 Å². The molecule has 2 atom stereocenters. The number of rotatable bonds is 3. The van der Waals surface area contributed by atoms with Gasteiger partial charge in [-0.2, -0.15) is 4.31 Å². The maximum Gasteiger partial charge on any atom is 0.247 e. The smallest absolute Gasteiger partial charge is 0.247 e. The molecule has 0 spiro atoms. The number of carbonyl (C=O) groups excluding carboxylic acids is 1. The second-order valence-corrected chi connectivity index (χ2v) is 8.73. The van der Waals surface area contributed by atoms with Gasteiger partial charge in [-0.1, -0.05) is 12.1 Å². The van der Waals surface area contributed by atoms with Gasteiger partial charge in [-0.05, 0) is 18.6 Å². The van der Waals surface area contributed by atoms with Crippen molar-refractivity contribution in [2.45, 2.75) is 23.4 Å². The fraction of sp³-hybridized carbons (Fsp3) is 0.588. The summed E-state index contributed by atoms with van der Waals surface area (Å²) in [6.07, 6.45) is 0.558. The van der Waals surface area contributed by atoms with Gasteiger partial charge in [0.25, 0.3) is 0 Å². The molecule has 3 aliphatic rings. The van der Waals surface area contributed by atoms with Crippen LogP contribution in [0.1, 0.15) is 6.42 Å². The van der Waals surface area contributed by atoms with Crippen LogP contribution in [0.4, 0.5) is 0 Å². The standard InChI is InChI=1S/C17H23N3O5S/c21-17(11-19-5-7-24-8-6-19)18-13-9-14-12-25-15-3-1-2-4-16(15)26(22,23)20(14)10-13/h1-4,13-14H,5-12H2,(H,18,21)/t13-,14-/m0/s1. The average molecular weight is 381 g/mol. The molecule has 2 fully saturated rings. The highest BCUT2D eigenvalue weighted by molar-refractivity contribution is 7.89. The topological polar surface area (TPSA) is 88.2 Å². The summed E-state index contributed by atoms with van der Waals surface area (Å²) < 4.78 is 38.4. The summed E-state index contributed by atoms with van der Waals surface area (Å²) in [6.45, 7) is 3.66. The Morgan fingerprint density at radius 2 is 2.00 bits per heavy atom. The van der Waals surface area contributed by atoms with E-state index in [-0.39, 0.29) is 29.4 Å². The lowest BCUT2D eigenvalue weighted by atomic mass is 10.2. The minimum absolute atomic E-state index is 0.0757. The van der Waals surface area contributed by atoms with Crippen LogP contribution in [0.2, 0.25) is 0 Å². The lowest BCUT2D eigenvalue weighted by Gasteiger charge is -2.26. The Labute approximate surface area is 153 Å². The normalized spacial score (nSPS) is 28.5. The molecule has 0 aliphatic carbocycles. The zero-order valence-corrected chi connectivity index (χ0v) is 15.3. The molecule has 0 bridgehead atoms. The SMILES string of the molecule is O=C(CN1CCOCC1)N[C@H]1C[C@H]2COc3ccccc3S(=O)(=O)N2C1. The van der Waals surface area contributed by atoms with Crippen molar-refractivity contribution in [2.24, 2.45) is 0 Å². The summed E-state index contributed by atoms with van der Waals surface area (Å²) in [6, 6.07) is 6.24. The van der Waals surface area contributed by atoms with E-state index in [1.807, 2.05) is 4.90 Å². The highest BCUT2D eigenvalue weighted by Crippen LogP contribution is 2.35. The van der Waals surface area contributed by atoms with Gasteiger partial charge in [0.05, 0.1) is 25.8 Å². The third-order valence-electron chi connectivity index (χ3n) is 5.07. The zero-order chi connectivity index (χ0) is 18.1. The fourth-order valence-corrected chi connectivity index (χ4v) is 5.57. The van der Waals surface area contributed by atoms with E-state index in [0.29, 0.717) is 38.5 Å². The number of nitrogens with one attached hydrogen (secondary N) is 1. The highest BCUT2D eigenvalue weighted by atomic mass is 32.2. The molecule has 0 unspecified atom stereocenters. The van der Waals surface area contributed by atoms with Crippen molar-refractivity contribution in [2.75, 3.05) is 46.0 Å². The van der Waals surface area contributed by atoms with E-state index in [9.17, 15) is 13.2 Å². The number of fused-ring (bicyclic) bond motifs is 2. The fourth-order valence-electron chi connectivity index (χ4n) is 3.77. The molecule has 0 aromatic heterocycles. The van der Waals surface area contributed by atoms with Crippen LogP contribution in [-0.4, -0.2) is 81.6 Å². The average Bonchev–Trinajstić information content (AvgIpc) is 3.00. The van der Waals surface area contributed by atoms with E-state index in [0.717, 1.165) is 13.1 Å². The minimum Gasteiger partial charge on any atom is -0.490 e. The number of amides is 1. The molecule has 0 saturated carbocycles. The monoisotopic (exact) mass is 381 g/mol. The Kier molecular flexibility index (Phi) is 4.87. The maximum absolute atomic E-state index is 13.0. The Morgan fingerprint density at radius 1 is 1.23 bits per heavy atom. The Hall–Kier alpha value is -1.68. The highest BCUT2D eigenvalue weighted by Gasteiger charge is 2.44. The number of morpholine rings is 1. The first-order valence-corrected chi connectivity index (χ1v) is 10.3. The second-order valence-electron chi connectivity index (χ2n) is 6.87. The molecule has 4 rings (SSSR count). The van der Waals surface area contributed by atoms with Crippen LogP contribution in [0.3, 0.4) is 0 Å². The number of hydrogen-bond acceptors (Lipinski definition) is 6. The number of nitrogens with zero attached hydrogens (tertiary/aromatic N) is 2. The maximum atomic E-state index is 13.0. The van der Waals surface area contributed by atoms with Gasteiger partial charge in [0.2, 0.25) is 15.9 Å². The zero-order valence-electron chi connectivity index (χ0n) is 14.5. The second kappa shape index (κ2) is 7.15. The molecule has 142 valence electrons. The van der Waals surface area contributed by atoms with E-state index in [1.165, 1.54) is 4.31 Å². The number of sulfonamides is 1. The van der Waals surface area contributed by atoms with Crippen LogP contribution < -0.4 is 10.1 Å². The Bertz CT molecular complexity index is 778. The van der Waals surface area contributed by atoms with Gasteiger partial charge in [-0.3, -0.25) is 9.69 Å². The predicted octanol–water partition coefficient (Wildman–Crippen LogP) is -0.341. The third kappa shape index (κ3) is 3.44. The lowest BCUT2D eigenvalue weighted by molar-refractivity contribution is -0.123. The van der Waals surface area contributed by atoms with Crippen molar-refractivity contribution < 1.29 is 22.7 Å².